The quantitative estimate of drug-likeness (QED) is 0.289. The SMILES string of the molecule is CCCC(=O)c1c(-c2ccccc2)c2cc(Cl)ccc2c(=O)n1Cc1cc(S(C)(=O)=O)n(CC(C)=O)n1. The van der Waals surface area contributed by atoms with Crippen molar-refractivity contribution in [2.75, 3.05) is 6.26 Å². The predicted molar refractivity (Wildman–Crippen MR) is 143 cm³/mol. The third-order valence-electron chi connectivity index (χ3n) is 5.90. The lowest BCUT2D eigenvalue weighted by Gasteiger charge is -2.19. The highest BCUT2D eigenvalue weighted by Crippen LogP contribution is 2.33. The van der Waals surface area contributed by atoms with Gasteiger partial charge >= 0.3 is 0 Å². The molecule has 0 radical (unpaired) electrons. The first-order valence-electron chi connectivity index (χ1n) is 11.7. The number of ketones is 2. The van der Waals surface area contributed by atoms with Crippen LogP contribution in [0, 0.1) is 0 Å². The lowest BCUT2D eigenvalue weighted by molar-refractivity contribution is -0.117. The molecule has 0 aliphatic heterocycles. The molecule has 0 aliphatic rings. The Balaban J connectivity index is 2.06. The number of hydrogen-bond donors (Lipinski definition) is 0. The Hall–Kier alpha value is -3.56. The Morgan fingerprint density at radius 3 is 2.35 bits per heavy atom. The molecular weight excluding hydrogens is 514 g/mol. The van der Waals surface area contributed by atoms with Gasteiger partial charge in [-0.05, 0) is 42.5 Å². The monoisotopic (exact) mass is 539 g/mol. The van der Waals surface area contributed by atoms with Gasteiger partial charge in [-0.25, -0.2) is 13.1 Å². The van der Waals surface area contributed by atoms with Gasteiger partial charge in [0.05, 0.1) is 17.9 Å². The standard InChI is InChI=1S/C27H26ClN3O5S/c1-4-8-23(33)26-25(18-9-6-5-7-10-18)22-13-19(28)11-12-21(22)27(34)30(26)16-20-14-24(37(3,35)36)31(29-20)15-17(2)32/h5-7,9-14H,4,8,15-16H2,1-3H3. The van der Waals surface area contributed by atoms with E-state index in [0.717, 1.165) is 16.5 Å². The molecule has 0 N–H and O–H groups in total. The summed E-state index contributed by atoms with van der Waals surface area (Å²) in [6.45, 7) is 2.82. The summed E-state index contributed by atoms with van der Waals surface area (Å²) in [6, 6.07) is 15.5. The van der Waals surface area contributed by atoms with Gasteiger partial charge in [-0.15, -0.1) is 0 Å². The van der Waals surface area contributed by atoms with E-state index in [1.165, 1.54) is 17.6 Å². The smallest absolute Gasteiger partial charge is 0.259 e. The van der Waals surface area contributed by atoms with Crippen molar-refractivity contribution in [3.8, 4) is 11.1 Å². The third-order valence-corrected chi connectivity index (χ3v) is 7.23. The van der Waals surface area contributed by atoms with Crippen molar-refractivity contribution in [2.24, 2.45) is 0 Å². The van der Waals surface area contributed by atoms with Gasteiger partial charge < -0.3 is 0 Å². The summed E-state index contributed by atoms with van der Waals surface area (Å²) in [4.78, 5) is 39.1. The van der Waals surface area contributed by atoms with Gasteiger partial charge in [0.25, 0.3) is 5.56 Å². The molecule has 0 aliphatic carbocycles. The maximum absolute atomic E-state index is 13.8. The Morgan fingerprint density at radius 2 is 1.73 bits per heavy atom. The summed E-state index contributed by atoms with van der Waals surface area (Å²) in [7, 11) is -3.71. The first kappa shape index (κ1) is 26.5. The molecule has 10 heteroatoms. The number of pyridine rings is 1. The molecule has 2 aromatic carbocycles. The van der Waals surface area contributed by atoms with E-state index in [1.54, 1.807) is 18.2 Å². The van der Waals surface area contributed by atoms with Crippen LogP contribution in [-0.4, -0.2) is 40.6 Å². The molecule has 0 saturated carbocycles. The van der Waals surface area contributed by atoms with E-state index in [4.69, 9.17) is 11.6 Å². The normalized spacial score (nSPS) is 11.7. The highest BCUT2D eigenvalue weighted by atomic mass is 35.5. The number of hydrogen-bond acceptors (Lipinski definition) is 6. The molecule has 192 valence electrons. The largest absolute Gasteiger partial charge is 0.298 e. The van der Waals surface area contributed by atoms with Gasteiger partial charge in [0.15, 0.2) is 26.4 Å². The average molecular weight is 540 g/mol. The summed E-state index contributed by atoms with van der Waals surface area (Å²) in [5.74, 6) is -0.503. The molecule has 2 heterocycles. The first-order valence-corrected chi connectivity index (χ1v) is 14.0. The molecule has 0 spiro atoms. The number of sulfone groups is 1. The van der Waals surface area contributed by atoms with Crippen molar-refractivity contribution >= 4 is 43.8 Å². The van der Waals surface area contributed by atoms with Crippen molar-refractivity contribution in [1.82, 2.24) is 14.3 Å². The first-order chi connectivity index (χ1) is 17.5. The van der Waals surface area contributed by atoms with Crippen molar-refractivity contribution in [3.63, 3.8) is 0 Å². The fourth-order valence-corrected chi connectivity index (χ4v) is 5.43. The zero-order chi connectivity index (χ0) is 26.9. The van der Waals surface area contributed by atoms with Crippen LogP contribution >= 0.6 is 11.6 Å². The van der Waals surface area contributed by atoms with Crippen LogP contribution in [0.4, 0.5) is 0 Å². The number of nitrogens with zero attached hydrogens (tertiary/aromatic N) is 3. The summed E-state index contributed by atoms with van der Waals surface area (Å²) in [6.07, 6.45) is 1.80. The van der Waals surface area contributed by atoms with Gasteiger partial charge in [-0.3, -0.25) is 19.0 Å². The molecule has 4 aromatic rings. The van der Waals surface area contributed by atoms with Crippen LogP contribution in [0.5, 0.6) is 0 Å². The van der Waals surface area contributed by atoms with Crippen LogP contribution in [0.15, 0.2) is 64.4 Å². The van der Waals surface area contributed by atoms with Crippen molar-refractivity contribution < 1.29 is 18.0 Å². The molecule has 2 aromatic heterocycles. The molecule has 0 amide bonds. The Bertz CT molecular complexity index is 1690. The minimum absolute atomic E-state index is 0.136. The van der Waals surface area contributed by atoms with Crippen LogP contribution in [0.2, 0.25) is 5.02 Å². The van der Waals surface area contributed by atoms with E-state index >= 15 is 0 Å². The van der Waals surface area contributed by atoms with E-state index in [1.807, 2.05) is 37.3 Å². The van der Waals surface area contributed by atoms with Crippen molar-refractivity contribution in [1.29, 1.82) is 0 Å². The van der Waals surface area contributed by atoms with Crippen molar-refractivity contribution in [2.45, 2.75) is 44.8 Å². The Labute approximate surface area is 219 Å². The molecule has 0 bridgehead atoms. The number of halogens is 1. The van der Waals surface area contributed by atoms with Gasteiger partial charge in [0.2, 0.25) is 0 Å². The van der Waals surface area contributed by atoms with Gasteiger partial charge in [0.1, 0.15) is 6.54 Å². The van der Waals surface area contributed by atoms with Crippen LogP contribution in [0.25, 0.3) is 21.9 Å². The Morgan fingerprint density at radius 1 is 1.03 bits per heavy atom. The van der Waals surface area contributed by atoms with Gasteiger partial charge in [-0.1, -0.05) is 48.9 Å². The summed E-state index contributed by atoms with van der Waals surface area (Å²) in [5, 5.41) is 5.53. The maximum Gasteiger partial charge on any atom is 0.259 e. The summed E-state index contributed by atoms with van der Waals surface area (Å²) < 4.78 is 27.2. The highest BCUT2D eigenvalue weighted by Gasteiger charge is 2.25. The van der Waals surface area contributed by atoms with Crippen LogP contribution in [0.3, 0.4) is 0 Å². The topological polar surface area (TPSA) is 108 Å². The average Bonchev–Trinajstić information content (AvgIpc) is 3.23. The van der Waals surface area contributed by atoms with Crippen molar-refractivity contribution in [3.05, 3.63) is 81.4 Å². The number of carbonyl (C=O) groups excluding carboxylic acids is 2. The molecular formula is C27H26ClN3O5S. The second kappa shape index (κ2) is 10.4. The molecule has 4 rings (SSSR count). The highest BCUT2D eigenvalue weighted by molar-refractivity contribution is 7.90. The molecule has 8 nitrogen and oxygen atoms in total. The number of fused-ring (bicyclic) bond motifs is 1. The number of rotatable bonds is 9. The molecule has 0 unspecified atom stereocenters. The Kier molecular flexibility index (Phi) is 7.47. The number of aromatic nitrogens is 3. The van der Waals surface area contributed by atoms with Gasteiger partial charge in [0, 0.05) is 34.7 Å². The van der Waals surface area contributed by atoms with Crippen LogP contribution < -0.4 is 5.56 Å². The summed E-state index contributed by atoms with van der Waals surface area (Å²) >= 11 is 6.31. The predicted octanol–water partition coefficient (Wildman–Crippen LogP) is 4.54. The fourth-order valence-electron chi connectivity index (χ4n) is 4.41. The second-order valence-electron chi connectivity index (χ2n) is 8.95. The van der Waals surface area contributed by atoms with E-state index < -0.39 is 15.4 Å². The van der Waals surface area contributed by atoms with E-state index in [2.05, 4.69) is 5.10 Å². The minimum Gasteiger partial charge on any atom is -0.298 e. The minimum atomic E-state index is -3.71. The fraction of sp³-hybridized carbons (Fsp3) is 0.259. The number of benzene rings is 2. The van der Waals surface area contributed by atoms with Crippen LogP contribution in [-0.2, 0) is 27.7 Å². The number of Topliss-reactive ketones (excluding diaryl/α,β-unsaturated/α-hetero) is 2. The van der Waals surface area contributed by atoms with E-state index in [9.17, 15) is 22.8 Å². The lowest BCUT2D eigenvalue weighted by Crippen LogP contribution is -2.28. The van der Waals surface area contributed by atoms with E-state index in [-0.39, 0.29) is 47.5 Å². The molecule has 0 saturated heterocycles. The zero-order valence-corrected chi connectivity index (χ0v) is 22.3. The third kappa shape index (κ3) is 5.42. The number of carbonyl (C=O) groups is 2. The van der Waals surface area contributed by atoms with Gasteiger partial charge in [-0.2, -0.15) is 5.10 Å². The molecule has 0 atom stereocenters. The molecule has 0 fully saturated rings. The van der Waals surface area contributed by atoms with E-state index in [0.29, 0.717) is 27.8 Å². The van der Waals surface area contributed by atoms with Crippen LogP contribution in [0.1, 0.15) is 42.9 Å². The molecule has 37 heavy (non-hydrogen) atoms. The summed E-state index contributed by atoms with van der Waals surface area (Å²) in [5.41, 5.74) is 1.33. The maximum atomic E-state index is 13.8. The zero-order valence-electron chi connectivity index (χ0n) is 20.7. The lowest BCUT2D eigenvalue weighted by atomic mass is 9.94. The second-order valence-corrected chi connectivity index (χ2v) is 11.3.